The van der Waals surface area contributed by atoms with Gasteiger partial charge in [0.15, 0.2) is 8.96 Å². The largest absolute Gasteiger partial charge is 0.360 e. The van der Waals surface area contributed by atoms with E-state index in [0.717, 1.165) is 16.5 Å². The lowest BCUT2D eigenvalue weighted by molar-refractivity contribution is 0.330. The molecule has 2 aromatic rings. The van der Waals surface area contributed by atoms with Gasteiger partial charge in [0.25, 0.3) is 0 Å². The Morgan fingerprint density at radius 2 is 2.20 bits per heavy atom. The zero-order chi connectivity index (χ0) is 11.1. The van der Waals surface area contributed by atoms with Crippen LogP contribution in [0.3, 0.4) is 0 Å². The summed E-state index contributed by atoms with van der Waals surface area (Å²) in [4.78, 5) is 0. The molecule has 0 aliphatic rings. The number of nitrogens with zero attached hydrogens (tertiary/aromatic N) is 2. The molecule has 0 spiro atoms. The third-order valence-electron chi connectivity index (χ3n) is 1.91. The maximum atomic E-state index is 5.26. The van der Waals surface area contributed by atoms with Crippen molar-refractivity contribution in [1.82, 2.24) is 15.4 Å². The molecular weight excluding hydrogens is 230 g/mol. The molecule has 0 bridgehead atoms. The summed E-state index contributed by atoms with van der Waals surface area (Å²) >= 11 is 6.35. The van der Waals surface area contributed by atoms with Crippen LogP contribution in [0.15, 0.2) is 10.6 Å². The molecule has 0 saturated heterocycles. The van der Waals surface area contributed by atoms with Gasteiger partial charge in [0.2, 0.25) is 0 Å². The first kappa shape index (κ1) is 10.5. The molecule has 0 radical (unpaired) electrons. The van der Waals surface area contributed by atoms with Gasteiger partial charge in [-0.15, -0.1) is 0 Å². The predicted molar refractivity (Wildman–Crippen MR) is 61.5 cm³/mol. The van der Waals surface area contributed by atoms with Gasteiger partial charge >= 0.3 is 0 Å². The Balaban J connectivity index is 2.40. The van der Waals surface area contributed by atoms with Crippen molar-refractivity contribution in [2.45, 2.75) is 26.2 Å². The second kappa shape index (κ2) is 3.53. The number of aromatic nitrogens is 3. The predicted octanol–water partition coefficient (Wildman–Crippen LogP) is 3.15. The van der Waals surface area contributed by atoms with Crippen LogP contribution >= 0.6 is 23.6 Å². The molecular formula is C9H11N3OS2. The van der Waals surface area contributed by atoms with Crippen LogP contribution in [-0.2, 0) is 5.41 Å². The van der Waals surface area contributed by atoms with Crippen LogP contribution in [0.4, 0.5) is 0 Å². The van der Waals surface area contributed by atoms with E-state index >= 15 is 0 Å². The van der Waals surface area contributed by atoms with Crippen LogP contribution in [0.2, 0.25) is 0 Å². The number of hydrogen-bond donors (Lipinski definition) is 1. The second-order valence-electron chi connectivity index (χ2n) is 4.24. The number of hydrogen-bond acceptors (Lipinski definition) is 5. The molecule has 6 heteroatoms. The van der Waals surface area contributed by atoms with Crippen molar-refractivity contribution in [2.75, 3.05) is 0 Å². The Morgan fingerprint density at radius 3 is 2.67 bits per heavy atom. The fourth-order valence-electron chi connectivity index (χ4n) is 1.07. The smallest absolute Gasteiger partial charge is 0.176 e. The molecule has 4 nitrogen and oxygen atoms in total. The van der Waals surface area contributed by atoms with Gasteiger partial charge < -0.3 is 4.52 Å². The minimum atomic E-state index is -0.0387. The number of rotatable bonds is 1. The van der Waals surface area contributed by atoms with Crippen molar-refractivity contribution in [3.63, 3.8) is 0 Å². The topological polar surface area (TPSA) is 54.7 Å². The van der Waals surface area contributed by atoms with Gasteiger partial charge in [0.1, 0.15) is 11.5 Å². The van der Waals surface area contributed by atoms with Gasteiger partial charge in [0, 0.05) is 11.5 Å². The molecule has 0 aliphatic carbocycles. The molecule has 15 heavy (non-hydrogen) atoms. The molecule has 80 valence electrons. The summed E-state index contributed by atoms with van der Waals surface area (Å²) in [5.74, 6) is 0.846. The summed E-state index contributed by atoms with van der Waals surface area (Å²) < 4.78 is 5.91. The van der Waals surface area contributed by atoms with Crippen LogP contribution in [-0.4, -0.2) is 15.4 Å². The third-order valence-corrected chi connectivity index (χ3v) is 3.02. The van der Waals surface area contributed by atoms with Gasteiger partial charge in [-0.2, -0.15) is 5.10 Å². The van der Waals surface area contributed by atoms with E-state index < -0.39 is 0 Å². The first-order valence-corrected chi connectivity index (χ1v) is 5.72. The maximum absolute atomic E-state index is 5.26. The van der Waals surface area contributed by atoms with E-state index in [1.807, 2.05) is 6.07 Å². The van der Waals surface area contributed by atoms with Crippen LogP contribution in [0, 0.1) is 3.95 Å². The third kappa shape index (κ3) is 2.15. The van der Waals surface area contributed by atoms with Crippen LogP contribution < -0.4 is 0 Å². The first-order chi connectivity index (χ1) is 6.97. The van der Waals surface area contributed by atoms with Gasteiger partial charge in [-0.3, -0.25) is 5.10 Å². The highest BCUT2D eigenvalue weighted by molar-refractivity contribution is 7.73. The molecule has 0 atom stereocenters. The highest BCUT2D eigenvalue weighted by Gasteiger charge is 2.20. The quantitative estimate of drug-likeness (QED) is 0.779. The lowest BCUT2D eigenvalue weighted by atomic mass is 9.93. The van der Waals surface area contributed by atoms with E-state index in [9.17, 15) is 0 Å². The van der Waals surface area contributed by atoms with Crippen molar-refractivity contribution >= 4 is 23.6 Å². The average molecular weight is 241 g/mol. The van der Waals surface area contributed by atoms with E-state index in [-0.39, 0.29) is 5.41 Å². The van der Waals surface area contributed by atoms with Gasteiger partial charge in [0.05, 0.1) is 0 Å². The summed E-state index contributed by atoms with van der Waals surface area (Å²) in [5, 5.41) is 11.5. The van der Waals surface area contributed by atoms with E-state index in [1.165, 1.54) is 11.3 Å². The SMILES string of the molecule is CC(C)(C)c1cc(-c2n[nH]c(=S)s2)no1. The molecule has 0 amide bonds. The van der Waals surface area contributed by atoms with E-state index in [2.05, 4.69) is 36.1 Å². The van der Waals surface area contributed by atoms with E-state index in [0.29, 0.717) is 3.95 Å². The average Bonchev–Trinajstić information content (AvgIpc) is 2.69. The highest BCUT2D eigenvalue weighted by Crippen LogP contribution is 2.27. The van der Waals surface area contributed by atoms with Crippen LogP contribution in [0.25, 0.3) is 10.7 Å². The zero-order valence-corrected chi connectivity index (χ0v) is 10.3. The Morgan fingerprint density at radius 1 is 1.47 bits per heavy atom. The Labute approximate surface area is 96.3 Å². The molecule has 2 rings (SSSR count). The molecule has 0 unspecified atom stereocenters. The number of aromatic amines is 1. The summed E-state index contributed by atoms with van der Waals surface area (Å²) in [7, 11) is 0. The van der Waals surface area contributed by atoms with Gasteiger partial charge in [-0.1, -0.05) is 37.3 Å². The van der Waals surface area contributed by atoms with Gasteiger partial charge in [-0.25, -0.2) is 0 Å². The Kier molecular flexibility index (Phi) is 2.47. The monoisotopic (exact) mass is 241 g/mol. The summed E-state index contributed by atoms with van der Waals surface area (Å²) in [5.41, 5.74) is 0.695. The van der Waals surface area contributed by atoms with Crippen molar-refractivity contribution in [2.24, 2.45) is 0 Å². The Hall–Kier alpha value is -1.01. The lowest BCUT2D eigenvalue weighted by Crippen LogP contribution is -2.09. The standard InChI is InChI=1S/C9H11N3OS2/c1-9(2,3)6-4-5(12-13-6)7-10-11-8(14)15-7/h4H,1-3H3,(H,11,14). The maximum Gasteiger partial charge on any atom is 0.176 e. The fraction of sp³-hybridized carbons (Fsp3) is 0.444. The molecule has 2 heterocycles. The normalized spacial score (nSPS) is 11.9. The van der Waals surface area contributed by atoms with Crippen molar-refractivity contribution < 1.29 is 4.52 Å². The minimum absolute atomic E-state index is 0.0387. The highest BCUT2D eigenvalue weighted by atomic mass is 32.1. The Bertz CT molecular complexity index is 518. The minimum Gasteiger partial charge on any atom is -0.360 e. The van der Waals surface area contributed by atoms with E-state index in [4.69, 9.17) is 16.7 Å². The first-order valence-electron chi connectivity index (χ1n) is 4.50. The molecule has 2 aromatic heterocycles. The van der Waals surface area contributed by atoms with Crippen LogP contribution in [0.5, 0.6) is 0 Å². The summed E-state index contributed by atoms with van der Waals surface area (Å²) in [6, 6.07) is 1.90. The lowest BCUT2D eigenvalue weighted by Gasteiger charge is -2.11. The van der Waals surface area contributed by atoms with Crippen molar-refractivity contribution in [1.29, 1.82) is 0 Å². The van der Waals surface area contributed by atoms with Crippen molar-refractivity contribution in [3.05, 3.63) is 15.8 Å². The molecule has 0 aliphatic heterocycles. The van der Waals surface area contributed by atoms with Gasteiger partial charge in [-0.05, 0) is 12.2 Å². The molecule has 0 saturated carbocycles. The molecule has 1 N–H and O–H groups in total. The molecule has 0 fully saturated rings. The molecule has 0 aromatic carbocycles. The van der Waals surface area contributed by atoms with Crippen LogP contribution in [0.1, 0.15) is 26.5 Å². The van der Waals surface area contributed by atoms with E-state index in [1.54, 1.807) is 0 Å². The number of H-pyrrole nitrogens is 1. The number of nitrogens with one attached hydrogen (secondary N) is 1. The zero-order valence-electron chi connectivity index (χ0n) is 8.70. The van der Waals surface area contributed by atoms with Crippen molar-refractivity contribution in [3.8, 4) is 10.7 Å². The summed E-state index contributed by atoms with van der Waals surface area (Å²) in [6.45, 7) is 6.22. The fourth-order valence-corrected chi connectivity index (χ4v) is 1.91. The summed E-state index contributed by atoms with van der Waals surface area (Å²) in [6.07, 6.45) is 0. The second-order valence-corrected chi connectivity index (χ2v) is 5.91.